The standard InChI is InChI=1S/C24H25NO5/c1-13-4-6-14(7-5-13)15-8-18-23(19(26)9-15)17(12-22(27)25-18)16-10-20(29-2)24(28)21(11-16)30-3/h4-7,10-11,15,17,28H,8-9,12H2,1-3H3,(H,25,27). The van der Waals surface area contributed by atoms with Crippen molar-refractivity contribution in [1.29, 1.82) is 0 Å². The van der Waals surface area contributed by atoms with Crippen LogP contribution in [0.1, 0.15) is 47.8 Å². The average Bonchev–Trinajstić information content (AvgIpc) is 2.73. The number of rotatable bonds is 4. The number of carbonyl (C=O) groups is 2. The van der Waals surface area contributed by atoms with Gasteiger partial charge in [0.25, 0.3) is 0 Å². The summed E-state index contributed by atoms with van der Waals surface area (Å²) >= 11 is 0. The van der Waals surface area contributed by atoms with Crippen molar-refractivity contribution in [3.63, 3.8) is 0 Å². The molecule has 1 heterocycles. The normalized spacial score (nSPS) is 21.2. The van der Waals surface area contributed by atoms with Gasteiger partial charge in [-0.2, -0.15) is 0 Å². The van der Waals surface area contributed by atoms with E-state index in [9.17, 15) is 14.7 Å². The van der Waals surface area contributed by atoms with Crippen LogP contribution in [0, 0.1) is 6.92 Å². The third kappa shape index (κ3) is 3.54. The van der Waals surface area contributed by atoms with E-state index in [4.69, 9.17) is 9.47 Å². The molecule has 4 rings (SSSR count). The van der Waals surface area contributed by atoms with Gasteiger partial charge in [0, 0.05) is 30.0 Å². The van der Waals surface area contributed by atoms with Crippen LogP contribution in [-0.4, -0.2) is 31.0 Å². The minimum atomic E-state index is -0.399. The lowest BCUT2D eigenvalue weighted by molar-refractivity contribution is -0.122. The van der Waals surface area contributed by atoms with Gasteiger partial charge in [-0.15, -0.1) is 0 Å². The lowest BCUT2D eigenvalue weighted by atomic mass is 9.73. The molecule has 0 spiro atoms. The summed E-state index contributed by atoms with van der Waals surface area (Å²) in [5, 5.41) is 13.2. The summed E-state index contributed by atoms with van der Waals surface area (Å²) in [4.78, 5) is 25.7. The van der Waals surface area contributed by atoms with Crippen molar-refractivity contribution in [2.24, 2.45) is 0 Å². The van der Waals surface area contributed by atoms with E-state index in [1.165, 1.54) is 19.8 Å². The number of aromatic hydroxyl groups is 1. The summed E-state index contributed by atoms with van der Waals surface area (Å²) in [6, 6.07) is 11.5. The number of aryl methyl sites for hydroxylation is 1. The van der Waals surface area contributed by atoms with E-state index in [1.54, 1.807) is 12.1 Å². The Balaban J connectivity index is 1.75. The van der Waals surface area contributed by atoms with Gasteiger partial charge in [-0.25, -0.2) is 0 Å². The number of hydrogen-bond acceptors (Lipinski definition) is 5. The van der Waals surface area contributed by atoms with Crippen LogP contribution >= 0.6 is 0 Å². The van der Waals surface area contributed by atoms with Crippen LogP contribution in [0.25, 0.3) is 0 Å². The van der Waals surface area contributed by atoms with Gasteiger partial charge in [0.15, 0.2) is 17.3 Å². The van der Waals surface area contributed by atoms with Crippen LogP contribution in [0.15, 0.2) is 47.7 Å². The van der Waals surface area contributed by atoms with Crippen LogP contribution in [-0.2, 0) is 9.59 Å². The number of benzene rings is 2. The molecule has 1 amide bonds. The first-order valence-electron chi connectivity index (χ1n) is 9.98. The molecule has 156 valence electrons. The minimum absolute atomic E-state index is 0.0397. The van der Waals surface area contributed by atoms with Gasteiger partial charge in [0.1, 0.15) is 0 Å². The van der Waals surface area contributed by atoms with Crippen molar-refractivity contribution in [3.8, 4) is 17.2 Å². The van der Waals surface area contributed by atoms with Crippen LogP contribution in [0.3, 0.4) is 0 Å². The van der Waals surface area contributed by atoms with E-state index in [1.807, 2.05) is 19.1 Å². The third-order valence-corrected chi connectivity index (χ3v) is 5.99. The molecule has 2 aromatic rings. The molecule has 2 unspecified atom stereocenters. The van der Waals surface area contributed by atoms with Crippen LogP contribution in [0.2, 0.25) is 0 Å². The third-order valence-electron chi connectivity index (χ3n) is 5.99. The van der Waals surface area contributed by atoms with Gasteiger partial charge in [-0.3, -0.25) is 9.59 Å². The second-order valence-electron chi connectivity index (χ2n) is 7.91. The number of phenols is 1. The molecule has 0 bridgehead atoms. The summed E-state index contributed by atoms with van der Waals surface area (Å²) in [6.45, 7) is 2.03. The lowest BCUT2D eigenvalue weighted by Gasteiger charge is -2.34. The predicted molar refractivity (Wildman–Crippen MR) is 112 cm³/mol. The molecule has 1 aliphatic carbocycles. The first-order valence-corrected chi connectivity index (χ1v) is 9.98. The Bertz CT molecular complexity index is 1010. The Kier molecular flexibility index (Phi) is 5.24. The minimum Gasteiger partial charge on any atom is -0.502 e. The van der Waals surface area contributed by atoms with E-state index < -0.39 is 5.92 Å². The molecular formula is C24H25NO5. The maximum Gasteiger partial charge on any atom is 0.225 e. The number of phenolic OH excluding ortho intramolecular Hbond substituents is 1. The molecule has 30 heavy (non-hydrogen) atoms. The van der Waals surface area contributed by atoms with Gasteiger partial charge in [-0.1, -0.05) is 29.8 Å². The molecule has 0 saturated heterocycles. The highest BCUT2D eigenvalue weighted by atomic mass is 16.5. The van der Waals surface area contributed by atoms with Crippen molar-refractivity contribution < 1.29 is 24.2 Å². The zero-order valence-electron chi connectivity index (χ0n) is 17.3. The SMILES string of the molecule is COc1cc(C2CC(=O)NC3=C2C(=O)CC(c2ccc(C)cc2)C3)cc(OC)c1O. The second kappa shape index (κ2) is 7.86. The fourth-order valence-corrected chi connectivity index (χ4v) is 4.43. The molecule has 1 aliphatic heterocycles. The number of ether oxygens (including phenoxy) is 2. The summed E-state index contributed by atoms with van der Waals surface area (Å²) in [5.74, 6) is -0.0486. The fourth-order valence-electron chi connectivity index (χ4n) is 4.43. The largest absolute Gasteiger partial charge is 0.502 e. The van der Waals surface area contributed by atoms with Crippen molar-refractivity contribution >= 4 is 11.7 Å². The molecule has 2 aliphatic rings. The number of hydrogen-bond donors (Lipinski definition) is 2. The zero-order valence-corrected chi connectivity index (χ0v) is 17.3. The monoisotopic (exact) mass is 407 g/mol. The number of Topliss-reactive ketones (excluding diaryl/α,β-unsaturated/α-hetero) is 1. The summed E-state index contributed by atoms with van der Waals surface area (Å²) in [7, 11) is 2.91. The molecule has 0 fully saturated rings. The molecular weight excluding hydrogens is 382 g/mol. The van der Waals surface area contributed by atoms with Crippen molar-refractivity contribution in [1.82, 2.24) is 5.32 Å². The van der Waals surface area contributed by atoms with Crippen molar-refractivity contribution in [3.05, 3.63) is 64.4 Å². The highest BCUT2D eigenvalue weighted by Gasteiger charge is 2.38. The van der Waals surface area contributed by atoms with Gasteiger partial charge >= 0.3 is 0 Å². The van der Waals surface area contributed by atoms with Gasteiger partial charge in [0.2, 0.25) is 11.7 Å². The first kappa shape index (κ1) is 20.0. The van der Waals surface area contributed by atoms with E-state index in [0.717, 1.165) is 5.56 Å². The molecule has 2 N–H and O–H groups in total. The Hall–Kier alpha value is -3.28. The number of ketones is 1. The van der Waals surface area contributed by atoms with Gasteiger partial charge in [-0.05, 0) is 42.5 Å². The molecule has 2 atom stereocenters. The van der Waals surface area contributed by atoms with Gasteiger partial charge in [0.05, 0.1) is 14.2 Å². The van der Waals surface area contributed by atoms with Gasteiger partial charge < -0.3 is 19.9 Å². The van der Waals surface area contributed by atoms with Crippen LogP contribution < -0.4 is 14.8 Å². The topological polar surface area (TPSA) is 84.9 Å². The number of methoxy groups -OCH3 is 2. The maximum atomic E-state index is 13.2. The maximum absolute atomic E-state index is 13.2. The Morgan fingerprint density at radius 3 is 2.17 bits per heavy atom. The van der Waals surface area contributed by atoms with Crippen molar-refractivity contribution in [2.75, 3.05) is 14.2 Å². The number of amides is 1. The van der Waals surface area contributed by atoms with Crippen LogP contribution in [0.4, 0.5) is 0 Å². The van der Waals surface area contributed by atoms with Crippen molar-refractivity contribution in [2.45, 2.75) is 38.0 Å². The molecule has 0 radical (unpaired) electrons. The Morgan fingerprint density at radius 2 is 1.57 bits per heavy atom. The Morgan fingerprint density at radius 1 is 0.933 bits per heavy atom. The van der Waals surface area contributed by atoms with E-state index in [2.05, 4.69) is 17.4 Å². The molecule has 6 heteroatoms. The predicted octanol–water partition coefficient (Wildman–Crippen LogP) is 3.72. The summed E-state index contributed by atoms with van der Waals surface area (Å²) < 4.78 is 10.5. The summed E-state index contributed by atoms with van der Waals surface area (Å²) in [6.07, 6.45) is 1.18. The lowest BCUT2D eigenvalue weighted by Crippen LogP contribution is -2.38. The van der Waals surface area contributed by atoms with E-state index in [0.29, 0.717) is 29.7 Å². The quantitative estimate of drug-likeness (QED) is 0.807. The fraction of sp³-hybridized carbons (Fsp3) is 0.333. The second-order valence-corrected chi connectivity index (χ2v) is 7.91. The zero-order chi connectivity index (χ0) is 21.4. The first-order chi connectivity index (χ1) is 14.4. The van der Waals surface area contributed by atoms with Crippen LogP contribution in [0.5, 0.6) is 17.2 Å². The highest BCUT2D eigenvalue weighted by Crippen LogP contribution is 2.46. The molecule has 0 aromatic heterocycles. The molecule has 2 aromatic carbocycles. The number of nitrogens with one attached hydrogen (secondary N) is 1. The molecule has 0 saturated carbocycles. The molecule has 6 nitrogen and oxygen atoms in total. The number of carbonyl (C=O) groups excluding carboxylic acids is 2. The summed E-state index contributed by atoms with van der Waals surface area (Å²) in [5.41, 5.74) is 4.33. The van der Waals surface area contributed by atoms with E-state index in [-0.39, 0.29) is 41.3 Å². The highest BCUT2D eigenvalue weighted by molar-refractivity contribution is 6.02. The average molecular weight is 407 g/mol. The van der Waals surface area contributed by atoms with E-state index >= 15 is 0 Å². The Labute approximate surface area is 175 Å². The smallest absolute Gasteiger partial charge is 0.225 e. The number of allylic oxidation sites excluding steroid dienone is 2.